The van der Waals surface area contributed by atoms with Gasteiger partial charge in [0.1, 0.15) is 0 Å². The molecule has 1 aliphatic carbocycles. The van der Waals surface area contributed by atoms with E-state index in [1.54, 1.807) is 0 Å². The Labute approximate surface area is 164 Å². The van der Waals surface area contributed by atoms with Crippen molar-refractivity contribution in [2.75, 3.05) is 26.2 Å². The molecule has 1 spiro atoms. The van der Waals surface area contributed by atoms with Crippen LogP contribution in [0.2, 0.25) is 0 Å². The van der Waals surface area contributed by atoms with Gasteiger partial charge in [0.05, 0.1) is 0 Å². The lowest BCUT2D eigenvalue weighted by atomic mass is 9.64. The lowest BCUT2D eigenvalue weighted by Crippen LogP contribution is -2.58. The van der Waals surface area contributed by atoms with Crippen molar-refractivity contribution in [1.29, 1.82) is 0 Å². The van der Waals surface area contributed by atoms with Gasteiger partial charge in [-0.25, -0.2) is 0 Å². The molecule has 1 unspecified atom stereocenters. The van der Waals surface area contributed by atoms with Crippen molar-refractivity contribution in [2.45, 2.75) is 110 Å². The van der Waals surface area contributed by atoms with Crippen LogP contribution >= 0.6 is 0 Å². The molecule has 2 aliphatic heterocycles. The summed E-state index contributed by atoms with van der Waals surface area (Å²) in [6, 6.07) is 0. The molecule has 0 radical (unpaired) electrons. The Bertz CT molecular complexity index is 442. The predicted molar refractivity (Wildman–Crippen MR) is 114 cm³/mol. The summed E-state index contributed by atoms with van der Waals surface area (Å²) in [6.45, 7) is 19.9. The average molecular weight is 363 g/mol. The van der Waals surface area contributed by atoms with Gasteiger partial charge >= 0.3 is 0 Å². The van der Waals surface area contributed by atoms with Crippen molar-refractivity contribution in [3.8, 4) is 0 Å². The standard InChI is InChI=1S/C24H46N2/c1-22(2,3)21-12-17-26(24(18-21)13-8-7-9-14-24)19-20-10-15-25(16-11-20)23(4,5)6/h20-21H,7-19H2,1-6H3. The molecule has 26 heavy (non-hydrogen) atoms. The van der Waals surface area contributed by atoms with Crippen LogP contribution in [0.4, 0.5) is 0 Å². The summed E-state index contributed by atoms with van der Waals surface area (Å²) >= 11 is 0. The molecule has 0 aromatic carbocycles. The first kappa shape index (κ1) is 20.6. The molecule has 3 aliphatic rings. The zero-order chi connectivity index (χ0) is 19.0. The zero-order valence-electron chi connectivity index (χ0n) is 18.7. The first-order chi connectivity index (χ1) is 12.1. The van der Waals surface area contributed by atoms with Crippen LogP contribution in [0.25, 0.3) is 0 Å². The van der Waals surface area contributed by atoms with E-state index in [-0.39, 0.29) is 0 Å². The van der Waals surface area contributed by atoms with Crippen LogP contribution in [0.5, 0.6) is 0 Å². The van der Waals surface area contributed by atoms with Crippen molar-refractivity contribution in [2.24, 2.45) is 17.3 Å². The van der Waals surface area contributed by atoms with Gasteiger partial charge in [0.25, 0.3) is 0 Å². The number of likely N-dealkylation sites (tertiary alicyclic amines) is 2. The second kappa shape index (κ2) is 7.74. The molecule has 2 saturated heterocycles. The maximum Gasteiger partial charge on any atom is 0.0212 e. The van der Waals surface area contributed by atoms with Gasteiger partial charge in [-0.1, -0.05) is 40.0 Å². The summed E-state index contributed by atoms with van der Waals surface area (Å²) in [6.07, 6.45) is 13.1. The second-order valence-corrected chi connectivity index (χ2v) is 11.9. The van der Waals surface area contributed by atoms with Crippen LogP contribution < -0.4 is 0 Å². The highest BCUT2D eigenvalue weighted by Crippen LogP contribution is 2.48. The summed E-state index contributed by atoms with van der Waals surface area (Å²) in [5.41, 5.74) is 1.38. The first-order valence-electron chi connectivity index (χ1n) is 11.6. The fourth-order valence-corrected chi connectivity index (χ4v) is 6.09. The Kier molecular flexibility index (Phi) is 6.15. The predicted octanol–water partition coefficient (Wildman–Crippen LogP) is 5.96. The summed E-state index contributed by atoms with van der Waals surface area (Å²) in [5, 5.41) is 0. The lowest BCUT2D eigenvalue weighted by Gasteiger charge is -2.55. The molecule has 0 amide bonds. The van der Waals surface area contributed by atoms with E-state index in [9.17, 15) is 0 Å². The van der Waals surface area contributed by atoms with Crippen molar-refractivity contribution in [1.82, 2.24) is 9.80 Å². The molecule has 2 nitrogen and oxygen atoms in total. The van der Waals surface area contributed by atoms with Gasteiger partial charge in [-0.2, -0.15) is 0 Å². The lowest BCUT2D eigenvalue weighted by molar-refractivity contribution is -0.0479. The van der Waals surface area contributed by atoms with Gasteiger partial charge in [-0.15, -0.1) is 0 Å². The Balaban J connectivity index is 1.63. The third-order valence-corrected chi connectivity index (χ3v) is 8.10. The van der Waals surface area contributed by atoms with Crippen LogP contribution in [0.3, 0.4) is 0 Å². The van der Waals surface area contributed by atoms with Gasteiger partial charge in [0, 0.05) is 17.6 Å². The van der Waals surface area contributed by atoms with E-state index in [0.717, 1.165) is 11.8 Å². The molecule has 152 valence electrons. The number of hydrogen-bond donors (Lipinski definition) is 0. The molecule has 3 fully saturated rings. The topological polar surface area (TPSA) is 6.48 Å². The maximum atomic E-state index is 3.01. The van der Waals surface area contributed by atoms with Crippen LogP contribution in [0.15, 0.2) is 0 Å². The van der Waals surface area contributed by atoms with E-state index in [2.05, 4.69) is 51.3 Å². The zero-order valence-corrected chi connectivity index (χ0v) is 18.7. The number of rotatable bonds is 2. The van der Waals surface area contributed by atoms with Gasteiger partial charge in [0.15, 0.2) is 0 Å². The van der Waals surface area contributed by atoms with Crippen LogP contribution in [-0.2, 0) is 0 Å². The molecule has 0 N–H and O–H groups in total. The third-order valence-electron chi connectivity index (χ3n) is 8.10. The normalized spacial score (nSPS) is 30.0. The minimum atomic E-state index is 0.348. The highest BCUT2D eigenvalue weighted by Gasteiger charge is 2.46. The van der Waals surface area contributed by atoms with Crippen molar-refractivity contribution < 1.29 is 0 Å². The van der Waals surface area contributed by atoms with E-state index >= 15 is 0 Å². The number of hydrogen-bond acceptors (Lipinski definition) is 2. The quantitative estimate of drug-likeness (QED) is 0.598. The summed E-state index contributed by atoms with van der Waals surface area (Å²) in [4.78, 5) is 5.71. The van der Waals surface area contributed by atoms with Gasteiger partial charge in [-0.3, -0.25) is 9.80 Å². The number of piperidine rings is 2. The molecule has 2 heteroatoms. The molecule has 3 rings (SSSR count). The Hall–Kier alpha value is -0.0800. The molecule has 1 saturated carbocycles. The molecule has 0 aromatic heterocycles. The van der Waals surface area contributed by atoms with E-state index in [1.807, 2.05) is 0 Å². The molecule has 0 bridgehead atoms. The molecule has 0 aromatic rings. The molecular weight excluding hydrogens is 316 g/mol. The average Bonchev–Trinajstić information content (AvgIpc) is 2.56. The minimum Gasteiger partial charge on any atom is -0.298 e. The Morgan fingerprint density at radius 1 is 0.808 bits per heavy atom. The first-order valence-corrected chi connectivity index (χ1v) is 11.6. The van der Waals surface area contributed by atoms with Crippen molar-refractivity contribution in [3.05, 3.63) is 0 Å². The monoisotopic (exact) mass is 362 g/mol. The summed E-state index contributed by atoms with van der Waals surface area (Å²) < 4.78 is 0. The van der Waals surface area contributed by atoms with Crippen LogP contribution in [0.1, 0.15) is 99.3 Å². The van der Waals surface area contributed by atoms with Gasteiger partial charge in [-0.05, 0) is 96.2 Å². The SMILES string of the molecule is CC(C)(C)C1CCN(CC2CCN(C(C)(C)C)CC2)C2(CCCCC2)C1. The smallest absolute Gasteiger partial charge is 0.0212 e. The Morgan fingerprint density at radius 2 is 1.42 bits per heavy atom. The number of nitrogens with zero attached hydrogens (tertiary/aromatic N) is 2. The van der Waals surface area contributed by atoms with Crippen molar-refractivity contribution in [3.63, 3.8) is 0 Å². The fraction of sp³-hybridized carbons (Fsp3) is 1.00. The third kappa shape index (κ3) is 4.66. The fourth-order valence-electron chi connectivity index (χ4n) is 6.09. The van der Waals surface area contributed by atoms with E-state index < -0.39 is 0 Å². The summed E-state index contributed by atoms with van der Waals surface area (Å²) in [5.74, 6) is 1.85. The highest BCUT2D eigenvalue weighted by atomic mass is 15.2. The van der Waals surface area contributed by atoms with Crippen LogP contribution in [0, 0.1) is 17.3 Å². The highest BCUT2D eigenvalue weighted by molar-refractivity contribution is 5.01. The molecule has 2 heterocycles. The maximum absolute atomic E-state index is 3.01. The van der Waals surface area contributed by atoms with Crippen LogP contribution in [-0.4, -0.2) is 47.1 Å². The molecular formula is C24H46N2. The largest absolute Gasteiger partial charge is 0.298 e. The summed E-state index contributed by atoms with van der Waals surface area (Å²) in [7, 11) is 0. The van der Waals surface area contributed by atoms with E-state index in [1.165, 1.54) is 84.0 Å². The van der Waals surface area contributed by atoms with Crippen molar-refractivity contribution >= 4 is 0 Å². The van der Waals surface area contributed by atoms with Gasteiger partial charge in [0.2, 0.25) is 0 Å². The van der Waals surface area contributed by atoms with Gasteiger partial charge < -0.3 is 0 Å². The van der Waals surface area contributed by atoms with E-state index in [0.29, 0.717) is 16.5 Å². The Morgan fingerprint density at radius 3 is 1.96 bits per heavy atom. The minimum absolute atomic E-state index is 0.348. The molecule has 1 atom stereocenters. The van der Waals surface area contributed by atoms with E-state index in [4.69, 9.17) is 0 Å². The second-order valence-electron chi connectivity index (χ2n) is 11.9.